The van der Waals surface area contributed by atoms with Crippen LogP contribution >= 0.6 is 0 Å². The van der Waals surface area contributed by atoms with E-state index < -0.39 is 5.97 Å². The quantitative estimate of drug-likeness (QED) is 0.792. The molecule has 0 saturated heterocycles. The summed E-state index contributed by atoms with van der Waals surface area (Å²) in [4.78, 5) is 14.3. The number of benzene rings is 1. The molecule has 0 atom stereocenters. The molecule has 0 saturated carbocycles. The number of aryl methyl sites for hydroxylation is 1. The average Bonchev–Trinajstić information content (AvgIpc) is 2.59. The van der Waals surface area contributed by atoms with Gasteiger partial charge in [-0.15, -0.1) is 0 Å². The molecule has 0 amide bonds. The van der Waals surface area contributed by atoms with E-state index in [1.54, 1.807) is 26.0 Å². The molecule has 84 valence electrons. The second-order valence-electron chi connectivity index (χ2n) is 3.51. The number of aromatic amines is 1. The van der Waals surface area contributed by atoms with Gasteiger partial charge in [0.2, 0.25) is 0 Å². The van der Waals surface area contributed by atoms with Crippen molar-refractivity contribution in [3.63, 3.8) is 0 Å². The maximum absolute atomic E-state index is 13.4. The number of aromatic nitrogens is 1. The summed E-state index contributed by atoms with van der Waals surface area (Å²) >= 11 is 0. The van der Waals surface area contributed by atoms with Gasteiger partial charge in [-0.3, -0.25) is 0 Å². The Bertz CT molecular complexity index is 545. The van der Waals surface area contributed by atoms with Crippen LogP contribution in [0.15, 0.2) is 18.2 Å². The van der Waals surface area contributed by atoms with Gasteiger partial charge in [0.1, 0.15) is 11.5 Å². The Kier molecular flexibility index (Phi) is 2.64. The molecule has 0 unspecified atom stereocenters. The first kappa shape index (κ1) is 10.7. The molecular formula is C12H12FNO2. The third kappa shape index (κ3) is 1.56. The third-order valence-corrected chi connectivity index (χ3v) is 2.52. The molecule has 1 heterocycles. The molecule has 2 rings (SSSR count). The fraction of sp³-hybridized carbons (Fsp3) is 0.250. The van der Waals surface area contributed by atoms with E-state index in [0.717, 1.165) is 0 Å². The standard InChI is InChI=1S/C12H12FNO2/c1-3-16-12(15)10-7(2)8-5-4-6-9(13)11(8)14-10/h4-6,14H,3H2,1-2H3. The van der Waals surface area contributed by atoms with Crippen molar-refractivity contribution in [2.75, 3.05) is 6.61 Å². The number of esters is 1. The Morgan fingerprint density at radius 3 is 2.88 bits per heavy atom. The number of rotatable bonds is 2. The number of fused-ring (bicyclic) bond motifs is 1. The number of para-hydroxylation sites is 1. The van der Waals surface area contributed by atoms with Crippen molar-refractivity contribution >= 4 is 16.9 Å². The van der Waals surface area contributed by atoms with E-state index in [4.69, 9.17) is 4.74 Å². The van der Waals surface area contributed by atoms with Gasteiger partial charge in [-0.1, -0.05) is 12.1 Å². The first-order valence-corrected chi connectivity index (χ1v) is 5.09. The highest BCUT2D eigenvalue weighted by molar-refractivity contribution is 5.98. The monoisotopic (exact) mass is 221 g/mol. The van der Waals surface area contributed by atoms with Crippen LogP contribution in [0, 0.1) is 12.7 Å². The molecule has 0 radical (unpaired) electrons. The predicted molar refractivity (Wildman–Crippen MR) is 59.0 cm³/mol. The molecule has 1 N–H and O–H groups in total. The van der Waals surface area contributed by atoms with Crippen molar-refractivity contribution in [2.24, 2.45) is 0 Å². The van der Waals surface area contributed by atoms with Crippen LogP contribution < -0.4 is 0 Å². The maximum Gasteiger partial charge on any atom is 0.355 e. The molecule has 1 aromatic carbocycles. The molecule has 3 nitrogen and oxygen atoms in total. The Balaban J connectivity index is 2.60. The van der Waals surface area contributed by atoms with Crippen molar-refractivity contribution in [3.05, 3.63) is 35.3 Å². The van der Waals surface area contributed by atoms with Crippen LogP contribution in [0.2, 0.25) is 0 Å². The van der Waals surface area contributed by atoms with Crippen molar-refractivity contribution in [3.8, 4) is 0 Å². The van der Waals surface area contributed by atoms with Crippen molar-refractivity contribution in [2.45, 2.75) is 13.8 Å². The lowest BCUT2D eigenvalue weighted by Crippen LogP contribution is -2.06. The summed E-state index contributed by atoms with van der Waals surface area (Å²) < 4.78 is 18.3. The fourth-order valence-corrected chi connectivity index (χ4v) is 1.72. The largest absolute Gasteiger partial charge is 0.461 e. The summed E-state index contributed by atoms with van der Waals surface area (Å²) in [5.41, 5.74) is 1.39. The van der Waals surface area contributed by atoms with Crippen LogP contribution in [0.1, 0.15) is 23.0 Å². The molecule has 1 aromatic heterocycles. The maximum atomic E-state index is 13.4. The van der Waals surface area contributed by atoms with Gasteiger partial charge >= 0.3 is 5.97 Å². The predicted octanol–water partition coefficient (Wildman–Crippen LogP) is 2.79. The van der Waals surface area contributed by atoms with Crippen LogP contribution in [-0.4, -0.2) is 17.6 Å². The van der Waals surface area contributed by atoms with Crippen LogP contribution in [0.5, 0.6) is 0 Å². The van der Waals surface area contributed by atoms with Gasteiger partial charge in [-0.25, -0.2) is 9.18 Å². The molecule has 0 aliphatic heterocycles. The third-order valence-electron chi connectivity index (χ3n) is 2.52. The summed E-state index contributed by atoms with van der Waals surface area (Å²) in [6.45, 7) is 3.80. The molecule has 0 bridgehead atoms. The molecule has 0 fully saturated rings. The number of hydrogen-bond donors (Lipinski definition) is 1. The molecule has 16 heavy (non-hydrogen) atoms. The van der Waals surface area contributed by atoms with Gasteiger partial charge in [-0.2, -0.15) is 0 Å². The lowest BCUT2D eigenvalue weighted by atomic mass is 10.1. The molecule has 0 aliphatic carbocycles. The van der Waals surface area contributed by atoms with E-state index >= 15 is 0 Å². The van der Waals surface area contributed by atoms with Crippen molar-refractivity contribution in [1.29, 1.82) is 0 Å². The van der Waals surface area contributed by atoms with Gasteiger partial charge in [0.25, 0.3) is 0 Å². The highest BCUT2D eigenvalue weighted by Gasteiger charge is 2.16. The Labute approximate surface area is 92.2 Å². The van der Waals surface area contributed by atoms with Crippen LogP contribution in [0.3, 0.4) is 0 Å². The number of halogens is 1. The lowest BCUT2D eigenvalue weighted by Gasteiger charge is -1.99. The van der Waals surface area contributed by atoms with Crippen LogP contribution in [0.4, 0.5) is 4.39 Å². The van der Waals surface area contributed by atoms with Crippen LogP contribution in [0.25, 0.3) is 10.9 Å². The minimum absolute atomic E-state index is 0.302. The minimum Gasteiger partial charge on any atom is -0.461 e. The summed E-state index contributed by atoms with van der Waals surface area (Å²) in [6.07, 6.45) is 0. The Hall–Kier alpha value is -1.84. The normalized spacial score (nSPS) is 10.7. The van der Waals surface area contributed by atoms with Crippen LogP contribution in [-0.2, 0) is 4.74 Å². The van der Waals surface area contributed by atoms with Gasteiger partial charge in [0.05, 0.1) is 12.1 Å². The topological polar surface area (TPSA) is 42.1 Å². The first-order chi connectivity index (χ1) is 7.65. The number of hydrogen-bond acceptors (Lipinski definition) is 2. The smallest absolute Gasteiger partial charge is 0.355 e. The van der Waals surface area contributed by atoms with Crippen molar-refractivity contribution in [1.82, 2.24) is 4.98 Å². The molecule has 4 heteroatoms. The zero-order valence-electron chi connectivity index (χ0n) is 9.13. The summed E-state index contributed by atoms with van der Waals surface area (Å²) in [6, 6.07) is 4.74. The number of carbonyl (C=O) groups excluding carboxylic acids is 1. The van der Waals surface area contributed by atoms with E-state index in [-0.39, 0.29) is 5.82 Å². The molecule has 2 aromatic rings. The minimum atomic E-state index is -0.449. The average molecular weight is 221 g/mol. The number of ether oxygens (including phenoxy) is 1. The Morgan fingerprint density at radius 2 is 2.25 bits per heavy atom. The SMILES string of the molecule is CCOC(=O)c1[nH]c2c(F)cccc2c1C. The molecular weight excluding hydrogens is 209 g/mol. The first-order valence-electron chi connectivity index (χ1n) is 5.09. The lowest BCUT2D eigenvalue weighted by molar-refractivity contribution is 0.0520. The highest BCUT2D eigenvalue weighted by atomic mass is 19.1. The van der Waals surface area contributed by atoms with Crippen molar-refractivity contribution < 1.29 is 13.9 Å². The second-order valence-corrected chi connectivity index (χ2v) is 3.51. The van der Waals surface area contributed by atoms with Gasteiger partial charge in [0, 0.05) is 5.39 Å². The summed E-state index contributed by atoms with van der Waals surface area (Å²) in [5.74, 6) is -0.813. The number of carbonyl (C=O) groups is 1. The molecule has 0 spiro atoms. The zero-order chi connectivity index (χ0) is 11.7. The second kappa shape index (κ2) is 3.96. The van der Waals surface area contributed by atoms with Gasteiger partial charge < -0.3 is 9.72 Å². The summed E-state index contributed by atoms with van der Waals surface area (Å²) in [7, 11) is 0. The summed E-state index contributed by atoms with van der Waals surface area (Å²) in [5, 5.41) is 0.711. The number of nitrogens with one attached hydrogen (secondary N) is 1. The number of H-pyrrole nitrogens is 1. The van der Waals surface area contributed by atoms with E-state index in [1.165, 1.54) is 6.07 Å². The Morgan fingerprint density at radius 1 is 1.50 bits per heavy atom. The van der Waals surface area contributed by atoms with Gasteiger partial charge in [0.15, 0.2) is 0 Å². The molecule has 0 aliphatic rings. The fourth-order valence-electron chi connectivity index (χ4n) is 1.72. The van der Waals surface area contributed by atoms with E-state index in [1.807, 2.05) is 0 Å². The van der Waals surface area contributed by atoms with Gasteiger partial charge in [-0.05, 0) is 25.5 Å². The zero-order valence-corrected chi connectivity index (χ0v) is 9.13. The highest BCUT2D eigenvalue weighted by Crippen LogP contribution is 2.24. The van der Waals surface area contributed by atoms with E-state index in [2.05, 4.69) is 4.98 Å². The van der Waals surface area contributed by atoms with E-state index in [9.17, 15) is 9.18 Å². The van der Waals surface area contributed by atoms with E-state index in [0.29, 0.717) is 28.8 Å².